The minimum absolute atomic E-state index is 0.0585. The molecule has 15 heavy (non-hydrogen) atoms. The highest BCUT2D eigenvalue weighted by atomic mass is 16.4. The lowest BCUT2D eigenvalue weighted by atomic mass is 10.3. The highest BCUT2D eigenvalue weighted by molar-refractivity contribution is 5.65. The van der Waals surface area contributed by atoms with E-state index in [4.69, 9.17) is 10.4 Å². The molecular weight excluding hydrogens is 196 g/mol. The molecule has 1 aromatic heterocycles. The molecule has 1 aliphatic rings. The summed E-state index contributed by atoms with van der Waals surface area (Å²) in [4.78, 5) is 12.0. The van der Waals surface area contributed by atoms with E-state index in [-0.39, 0.29) is 6.04 Å². The van der Waals surface area contributed by atoms with Crippen LogP contribution in [-0.4, -0.2) is 39.0 Å². The van der Waals surface area contributed by atoms with Crippen LogP contribution in [-0.2, 0) is 0 Å². The Kier molecular flexibility index (Phi) is 2.29. The van der Waals surface area contributed by atoms with Crippen LogP contribution in [0.5, 0.6) is 0 Å². The Morgan fingerprint density at radius 3 is 3.07 bits per heavy atom. The van der Waals surface area contributed by atoms with Gasteiger partial charge in [0.15, 0.2) is 0 Å². The zero-order valence-electron chi connectivity index (χ0n) is 8.00. The fourth-order valence-electron chi connectivity index (χ4n) is 1.73. The van der Waals surface area contributed by atoms with Crippen molar-refractivity contribution < 1.29 is 9.90 Å². The monoisotopic (exact) mass is 206 g/mol. The van der Waals surface area contributed by atoms with Crippen LogP contribution >= 0.6 is 0 Å². The summed E-state index contributed by atoms with van der Waals surface area (Å²) in [5.74, 6) is 0. The van der Waals surface area contributed by atoms with Crippen molar-refractivity contribution in [3.05, 3.63) is 18.0 Å². The molecule has 0 radical (unpaired) electrons. The lowest BCUT2D eigenvalue weighted by Gasteiger charge is -2.12. The van der Waals surface area contributed by atoms with E-state index in [2.05, 4.69) is 5.10 Å². The summed E-state index contributed by atoms with van der Waals surface area (Å²) >= 11 is 0. The maximum atomic E-state index is 10.7. The molecule has 0 spiro atoms. The Balaban J connectivity index is 2.08. The Morgan fingerprint density at radius 1 is 1.73 bits per heavy atom. The molecule has 0 bridgehead atoms. The molecular formula is C9H10N4O2. The number of rotatable bonds is 1. The van der Waals surface area contributed by atoms with Crippen molar-refractivity contribution >= 4 is 6.09 Å². The third-order valence-corrected chi connectivity index (χ3v) is 2.54. The number of aromatic nitrogens is 2. The number of hydrogen-bond acceptors (Lipinski definition) is 3. The van der Waals surface area contributed by atoms with Crippen LogP contribution in [0.25, 0.3) is 0 Å². The highest BCUT2D eigenvalue weighted by Gasteiger charge is 2.27. The van der Waals surface area contributed by atoms with Gasteiger partial charge in [0.2, 0.25) is 0 Å². The van der Waals surface area contributed by atoms with E-state index < -0.39 is 6.09 Å². The normalized spacial score (nSPS) is 20.2. The smallest absolute Gasteiger partial charge is 0.407 e. The fraction of sp³-hybridized carbons (Fsp3) is 0.444. The van der Waals surface area contributed by atoms with Gasteiger partial charge in [0.1, 0.15) is 6.07 Å². The molecule has 6 nitrogen and oxygen atoms in total. The van der Waals surface area contributed by atoms with Crippen molar-refractivity contribution in [2.75, 3.05) is 13.1 Å². The third kappa shape index (κ3) is 1.76. The summed E-state index contributed by atoms with van der Waals surface area (Å²) in [5, 5.41) is 21.4. The predicted octanol–water partition coefficient (Wildman–Crippen LogP) is 0.680. The fourth-order valence-corrected chi connectivity index (χ4v) is 1.73. The molecule has 0 aliphatic carbocycles. The van der Waals surface area contributed by atoms with Crippen molar-refractivity contribution in [2.24, 2.45) is 0 Å². The predicted molar refractivity (Wildman–Crippen MR) is 50.2 cm³/mol. The molecule has 1 saturated heterocycles. The molecule has 1 atom stereocenters. The van der Waals surface area contributed by atoms with Gasteiger partial charge in [0.05, 0.1) is 17.8 Å². The molecule has 1 aliphatic heterocycles. The molecule has 1 N–H and O–H groups in total. The number of carbonyl (C=O) groups is 1. The van der Waals surface area contributed by atoms with Crippen molar-refractivity contribution in [2.45, 2.75) is 12.5 Å². The van der Waals surface area contributed by atoms with E-state index in [1.807, 2.05) is 6.07 Å². The van der Waals surface area contributed by atoms with Crippen molar-refractivity contribution in [3.8, 4) is 6.07 Å². The van der Waals surface area contributed by atoms with Crippen molar-refractivity contribution in [1.29, 1.82) is 5.26 Å². The Labute approximate surface area is 86.3 Å². The zero-order chi connectivity index (χ0) is 10.8. The maximum Gasteiger partial charge on any atom is 0.407 e. The SMILES string of the molecule is N#Cc1cnn(C2CCN(C(=O)O)C2)c1. The van der Waals surface area contributed by atoms with Gasteiger partial charge in [0, 0.05) is 19.3 Å². The van der Waals surface area contributed by atoms with Gasteiger partial charge in [0.25, 0.3) is 0 Å². The summed E-state index contributed by atoms with van der Waals surface area (Å²) in [6, 6.07) is 2.05. The lowest BCUT2D eigenvalue weighted by Crippen LogP contribution is -2.27. The van der Waals surface area contributed by atoms with Gasteiger partial charge < -0.3 is 10.0 Å². The number of likely N-dealkylation sites (tertiary alicyclic amines) is 1. The van der Waals surface area contributed by atoms with Crippen molar-refractivity contribution in [1.82, 2.24) is 14.7 Å². The molecule has 0 saturated carbocycles. The third-order valence-electron chi connectivity index (χ3n) is 2.54. The van der Waals surface area contributed by atoms with E-state index in [0.29, 0.717) is 18.7 Å². The van der Waals surface area contributed by atoms with Crippen LogP contribution in [0.15, 0.2) is 12.4 Å². The molecule has 6 heteroatoms. The van der Waals surface area contributed by atoms with E-state index in [0.717, 1.165) is 6.42 Å². The standard InChI is InChI=1S/C9H10N4O2/c10-3-7-4-11-13(5-7)8-1-2-12(6-8)9(14)15/h4-5,8H,1-2,6H2,(H,14,15). The Bertz CT molecular complexity index is 420. The van der Waals surface area contributed by atoms with Crippen LogP contribution in [0.3, 0.4) is 0 Å². The molecule has 2 rings (SSSR count). The largest absolute Gasteiger partial charge is 0.465 e. The second kappa shape index (κ2) is 3.61. The summed E-state index contributed by atoms with van der Waals surface area (Å²) in [6.07, 6.45) is 2.99. The van der Waals surface area contributed by atoms with Crippen LogP contribution < -0.4 is 0 Å². The minimum atomic E-state index is -0.898. The van der Waals surface area contributed by atoms with Crippen LogP contribution in [0.1, 0.15) is 18.0 Å². The minimum Gasteiger partial charge on any atom is -0.465 e. The molecule has 1 fully saturated rings. The average molecular weight is 206 g/mol. The van der Waals surface area contributed by atoms with Crippen LogP contribution in [0, 0.1) is 11.3 Å². The number of carboxylic acid groups (broad SMARTS) is 1. The van der Waals surface area contributed by atoms with Gasteiger partial charge in [-0.3, -0.25) is 4.68 Å². The van der Waals surface area contributed by atoms with Gasteiger partial charge in [-0.1, -0.05) is 0 Å². The number of amides is 1. The average Bonchev–Trinajstić information content (AvgIpc) is 2.86. The second-order valence-electron chi connectivity index (χ2n) is 3.49. The van der Waals surface area contributed by atoms with Gasteiger partial charge >= 0.3 is 6.09 Å². The quantitative estimate of drug-likeness (QED) is 0.732. The van der Waals surface area contributed by atoms with Gasteiger partial charge in [-0.25, -0.2) is 4.79 Å². The zero-order valence-corrected chi connectivity index (χ0v) is 8.00. The first-order valence-electron chi connectivity index (χ1n) is 4.63. The molecule has 1 aromatic rings. The molecule has 1 unspecified atom stereocenters. The summed E-state index contributed by atoms with van der Waals surface area (Å²) < 4.78 is 1.67. The first-order valence-corrected chi connectivity index (χ1v) is 4.63. The maximum absolute atomic E-state index is 10.7. The van der Waals surface area contributed by atoms with Crippen LogP contribution in [0.4, 0.5) is 4.79 Å². The van der Waals surface area contributed by atoms with E-state index in [1.165, 1.54) is 11.1 Å². The molecule has 0 aromatic carbocycles. The Morgan fingerprint density at radius 2 is 2.53 bits per heavy atom. The van der Waals surface area contributed by atoms with Gasteiger partial charge in [-0.2, -0.15) is 10.4 Å². The summed E-state index contributed by atoms with van der Waals surface area (Å²) in [7, 11) is 0. The molecule has 1 amide bonds. The van der Waals surface area contributed by atoms with E-state index >= 15 is 0 Å². The van der Waals surface area contributed by atoms with Gasteiger partial charge in [-0.15, -0.1) is 0 Å². The van der Waals surface area contributed by atoms with E-state index in [1.54, 1.807) is 10.9 Å². The topological polar surface area (TPSA) is 82.2 Å². The first kappa shape index (κ1) is 9.52. The summed E-state index contributed by atoms with van der Waals surface area (Å²) in [6.45, 7) is 0.976. The first-order chi connectivity index (χ1) is 7.20. The number of nitrogens with zero attached hydrogens (tertiary/aromatic N) is 4. The summed E-state index contributed by atoms with van der Waals surface area (Å²) in [5.41, 5.74) is 0.503. The van der Waals surface area contributed by atoms with E-state index in [9.17, 15) is 4.79 Å². The number of hydrogen-bond donors (Lipinski definition) is 1. The van der Waals surface area contributed by atoms with Crippen molar-refractivity contribution in [3.63, 3.8) is 0 Å². The Hall–Kier alpha value is -2.03. The second-order valence-corrected chi connectivity index (χ2v) is 3.49. The lowest BCUT2D eigenvalue weighted by molar-refractivity contribution is 0.154. The molecule has 78 valence electrons. The van der Waals surface area contributed by atoms with Gasteiger partial charge in [-0.05, 0) is 6.42 Å². The highest BCUT2D eigenvalue weighted by Crippen LogP contribution is 2.20. The van der Waals surface area contributed by atoms with Crippen LogP contribution in [0.2, 0.25) is 0 Å². The molecule has 2 heterocycles. The number of nitriles is 1.